The molecule has 5 rings (SSSR count). The fourth-order valence-electron chi connectivity index (χ4n) is 6.44. The first-order valence-electron chi connectivity index (χ1n) is 10.6. The van der Waals surface area contributed by atoms with Gasteiger partial charge in [0.25, 0.3) is 0 Å². The third kappa shape index (κ3) is 2.78. The van der Waals surface area contributed by atoms with Crippen LogP contribution in [-0.2, 0) is 11.2 Å². The molecule has 2 aromatic rings. The van der Waals surface area contributed by atoms with Gasteiger partial charge < -0.3 is 5.32 Å². The Hall–Kier alpha value is -2.17. The van der Waals surface area contributed by atoms with Crippen molar-refractivity contribution in [1.29, 1.82) is 0 Å². The molecule has 1 aromatic carbocycles. The first-order chi connectivity index (χ1) is 13.5. The van der Waals surface area contributed by atoms with Gasteiger partial charge in [0.1, 0.15) is 11.5 Å². The third-order valence-electron chi connectivity index (χ3n) is 7.63. The number of carbonyl (C=O) groups excluding carboxylic acids is 1. The van der Waals surface area contributed by atoms with Crippen molar-refractivity contribution < 1.29 is 9.18 Å². The average Bonchev–Trinajstić information content (AvgIpc) is 3.41. The van der Waals surface area contributed by atoms with Gasteiger partial charge in [0.05, 0.1) is 12.1 Å². The van der Waals surface area contributed by atoms with E-state index in [1.807, 2.05) is 13.8 Å². The standard InChI is InChI=1S/C23H28FN3O/c1-13-18(14(2)27(26-13)22-9-4-3-8-20(22)24)12-23(28)25-21-11-15-10-19(21)17-7-5-6-16(15)17/h3-4,8-9,15-17,19,21H,5-7,10-12H2,1-2H3,(H,25,28). The summed E-state index contributed by atoms with van der Waals surface area (Å²) in [6.45, 7) is 3.81. The molecule has 5 atom stereocenters. The van der Waals surface area contributed by atoms with Gasteiger partial charge in [0.15, 0.2) is 0 Å². The summed E-state index contributed by atoms with van der Waals surface area (Å²) in [5, 5.41) is 7.84. The van der Waals surface area contributed by atoms with E-state index in [0.29, 0.717) is 24.1 Å². The largest absolute Gasteiger partial charge is 0.353 e. The van der Waals surface area contributed by atoms with E-state index in [9.17, 15) is 9.18 Å². The molecular weight excluding hydrogens is 353 g/mol. The van der Waals surface area contributed by atoms with Crippen molar-refractivity contribution in [1.82, 2.24) is 15.1 Å². The number of rotatable bonds is 4. The fourth-order valence-corrected chi connectivity index (χ4v) is 6.44. The zero-order chi connectivity index (χ0) is 19.4. The van der Waals surface area contributed by atoms with E-state index in [1.165, 1.54) is 31.7 Å². The molecule has 4 nitrogen and oxygen atoms in total. The van der Waals surface area contributed by atoms with Gasteiger partial charge in [0.2, 0.25) is 5.91 Å². The van der Waals surface area contributed by atoms with E-state index in [1.54, 1.807) is 22.9 Å². The Kier molecular flexibility index (Phi) is 4.29. The van der Waals surface area contributed by atoms with Gasteiger partial charge in [0, 0.05) is 17.3 Å². The lowest BCUT2D eigenvalue weighted by Crippen LogP contribution is -2.43. The molecule has 0 radical (unpaired) electrons. The van der Waals surface area contributed by atoms with Crippen LogP contribution in [0.3, 0.4) is 0 Å². The van der Waals surface area contributed by atoms with E-state index < -0.39 is 0 Å². The molecule has 148 valence electrons. The topological polar surface area (TPSA) is 46.9 Å². The zero-order valence-corrected chi connectivity index (χ0v) is 16.6. The lowest BCUT2D eigenvalue weighted by atomic mass is 9.79. The first kappa shape index (κ1) is 17.9. The van der Waals surface area contributed by atoms with E-state index in [2.05, 4.69) is 10.4 Å². The Labute approximate surface area is 165 Å². The number of benzene rings is 1. The van der Waals surface area contributed by atoms with E-state index in [-0.39, 0.29) is 11.7 Å². The number of nitrogens with zero attached hydrogens (tertiary/aromatic N) is 2. The van der Waals surface area contributed by atoms with Crippen LogP contribution in [0.5, 0.6) is 0 Å². The van der Waals surface area contributed by atoms with E-state index >= 15 is 0 Å². The summed E-state index contributed by atoms with van der Waals surface area (Å²) >= 11 is 0. The van der Waals surface area contributed by atoms with Crippen LogP contribution in [0.25, 0.3) is 5.69 Å². The highest BCUT2D eigenvalue weighted by atomic mass is 19.1. The number of fused-ring (bicyclic) bond motifs is 5. The molecule has 3 aliphatic rings. The highest BCUT2D eigenvalue weighted by Crippen LogP contribution is 2.58. The lowest BCUT2D eigenvalue weighted by Gasteiger charge is -2.32. The predicted molar refractivity (Wildman–Crippen MR) is 106 cm³/mol. The number of amides is 1. The number of hydrogen-bond donors (Lipinski definition) is 1. The monoisotopic (exact) mass is 381 g/mol. The predicted octanol–water partition coefficient (Wildman–Crippen LogP) is 4.11. The smallest absolute Gasteiger partial charge is 0.224 e. The van der Waals surface area contributed by atoms with Crippen LogP contribution in [0.2, 0.25) is 0 Å². The molecule has 1 amide bonds. The fraction of sp³-hybridized carbons (Fsp3) is 0.565. The number of nitrogens with one attached hydrogen (secondary N) is 1. The van der Waals surface area contributed by atoms with Gasteiger partial charge in [-0.25, -0.2) is 9.07 Å². The van der Waals surface area contributed by atoms with E-state index in [0.717, 1.165) is 41.1 Å². The second-order valence-corrected chi connectivity index (χ2v) is 9.02. The number of aryl methyl sites for hydroxylation is 1. The molecule has 1 aromatic heterocycles. The normalized spacial score (nSPS) is 30.6. The minimum atomic E-state index is -0.308. The molecule has 28 heavy (non-hydrogen) atoms. The minimum absolute atomic E-state index is 0.0754. The second-order valence-electron chi connectivity index (χ2n) is 9.02. The number of carbonyl (C=O) groups is 1. The summed E-state index contributed by atoms with van der Waals surface area (Å²) in [7, 11) is 0. The number of aromatic nitrogens is 2. The summed E-state index contributed by atoms with van der Waals surface area (Å²) in [6.07, 6.45) is 6.91. The molecule has 3 fully saturated rings. The van der Waals surface area contributed by atoms with Crippen molar-refractivity contribution in [2.75, 3.05) is 0 Å². The maximum atomic E-state index is 14.2. The molecule has 1 N–H and O–H groups in total. The first-order valence-corrected chi connectivity index (χ1v) is 10.6. The van der Waals surface area contributed by atoms with Crippen LogP contribution in [0.4, 0.5) is 4.39 Å². The molecule has 5 unspecified atom stereocenters. The zero-order valence-electron chi connectivity index (χ0n) is 16.6. The molecule has 1 heterocycles. The van der Waals surface area contributed by atoms with Gasteiger partial charge in [-0.05, 0) is 75.3 Å². The highest BCUT2D eigenvalue weighted by molar-refractivity contribution is 5.79. The van der Waals surface area contributed by atoms with Gasteiger partial charge in [-0.2, -0.15) is 5.10 Å². The highest BCUT2D eigenvalue weighted by Gasteiger charge is 2.54. The van der Waals surface area contributed by atoms with Crippen LogP contribution in [-0.4, -0.2) is 21.7 Å². The number of para-hydroxylation sites is 1. The van der Waals surface area contributed by atoms with Crippen molar-refractivity contribution in [3.63, 3.8) is 0 Å². The van der Waals surface area contributed by atoms with Crippen molar-refractivity contribution in [3.8, 4) is 5.69 Å². The molecule has 0 spiro atoms. The third-order valence-corrected chi connectivity index (χ3v) is 7.63. The molecule has 3 saturated carbocycles. The van der Waals surface area contributed by atoms with E-state index in [4.69, 9.17) is 0 Å². The molecule has 3 aliphatic carbocycles. The Balaban J connectivity index is 1.30. The number of halogens is 1. The minimum Gasteiger partial charge on any atom is -0.353 e. The SMILES string of the molecule is Cc1nn(-c2ccccc2F)c(C)c1CC(=O)NC1CC2CC1C1CCCC21. The second kappa shape index (κ2) is 6.71. The summed E-state index contributed by atoms with van der Waals surface area (Å²) in [5.74, 6) is 3.06. The Bertz CT molecular complexity index is 921. The van der Waals surface area contributed by atoms with Gasteiger partial charge in [-0.3, -0.25) is 4.79 Å². The quantitative estimate of drug-likeness (QED) is 0.866. The van der Waals surface area contributed by atoms with Crippen LogP contribution >= 0.6 is 0 Å². The average molecular weight is 381 g/mol. The Morgan fingerprint density at radius 3 is 2.79 bits per heavy atom. The molecule has 5 heteroatoms. The maximum absolute atomic E-state index is 14.2. The summed E-state index contributed by atoms with van der Waals surface area (Å²) in [4.78, 5) is 12.8. The lowest BCUT2D eigenvalue weighted by molar-refractivity contribution is -0.121. The summed E-state index contributed by atoms with van der Waals surface area (Å²) in [5.41, 5.74) is 2.96. The van der Waals surface area contributed by atoms with Gasteiger partial charge in [-0.15, -0.1) is 0 Å². The Morgan fingerprint density at radius 2 is 1.96 bits per heavy atom. The van der Waals surface area contributed by atoms with Crippen molar-refractivity contribution in [3.05, 3.63) is 47.0 Å². The van der Waals surface area contributed by atoms with Gasteiger partial charge in [-0.1, -0.05) is 18.6 Å². The molecule has 0 saturated heterocycles. The molecule has 0 aliphatic heterocycles. The van der Waals surface area contributed by atoms with Gasteiger partial charge >= 0.3 is 0 Å². The van der Waals surface area contributed by atoms with Crippen molar-refractivity contribution in [2.45, 2.75) is 58.4 Å². The van der Waals surface area contributed by atoms with Crippen LogP contribution < -0.4 is 5.32 Å². The maximum Gasteiger partial charge on any atom is 0.224 e. The van der Waals surface area contributed by atoms with Crippen LogP contribution in [0.15, 0.2) is 24.3 Å². The molecule has 2 bridgehead atoms. The van der Waals surface area contributed by atoms with Crippen LogP contribution in [0, 0.1) is 43.3 Å². The van der Waals surface area contributed by atoms with Crippen molar-refractivity contribution in [2.24, 2.45) is 23.7 Å². The van der Waals surface area contributed by atoms with Crippen molar-refractivity contribution >= 4 is 5.91 Å². The summed E-state index contributed by atoms with van der Waals surface area (Å²) < 4.78 is 15.8. The Morgan fingerprint density at radius 1 is 1.18 bits per heavy atom. The summed E-state index contributed by atoms with van der Waals surface area (Å²) in [6, 6.07) is 6.96. The van der Waals surface area contributed by atoms with Crippen LogP contribution in [0.1, 0.15) is 49.1 Å². The number of hydrogen-bond acceptors (Lipinski definition) is 2. The molecular formula is C23H28FN3O.